The smallest absolute Gasteiger partial charge is 0.354 e. The average molecular weight is 688 g/mol. The van der Waals surface area contributed by atoms with Crippen molar-refractivity contribution in [3.05, 3.63) is 94.4 Å². The van der Waals surface area contributed by atoms with Crippen molar-refractivity contribution < 1.29 is 24.1 Å². The highest BCUT2D eigenvalue weighted by Crippen LogP contribution is 2.40. The van der Waals surface area contributed by atoms with E-state index in [2.05, 4.69) is 12.1 Å². The molecule has 0 saturated heterocycles. The normalized spacial score (nSPS) is 11.6. The van der Waals surface area contributed by atoms with Gasteiger partial charge in [0.15, 0.2) is 0 Å². The van der Waals surface area contributed by atoms with E-state index in [1.807, 2.05) is 50.0 Å². The maximum atomic E-state index is 15.9. The fourth-order valence-corrected chi connectivity index (χ4v) is 8.18. The first-order chi connectivity index (χ1) is 23.1. The first-order valence-electron chi connectivity index (χ1n) is 15.6. The predicted octanol–water partition coefficient (Wildman–Crippen LogP) is 7.06. The monoisotopic (exact) mass is 687 g/mol. The summed E-state index contributed by atoms with van der Waals surface area (Å²) in [7, 11) is 6.86. The highest BCUT2D eigenvalue weighted by molar-refractivity contribution is 7.98. The molecule has 6 aromatic rings. The van der Waals surface area contributed by atoms with Gasteiger partial charge < -0.3 is 19.5 Å². The molecule has 0 spiro atoms. The lowest BCUT2D eigenvalue weighted by molar-refractivity contribution is 0.0589. The summed E-state index contributed by atoms with van der Waals surface area (Å²) in [5.74, 6) is 1.23. The SMILES string of the molecule is COC(=O)c1c(CCCO)c2ccc(F)c(-c3c(CSCc4cc(CSc5cc(O)c6ccccc6c5)n(C)n4)nn(C)c3C)c2n1C. The zero-order valence-electron chi connectivity index (χ0n) is 27.6. The molecule has 3 aromatic carbocycles. The van der Waals surface area contributed by atoms with E-state index in [1.54, 1.807) is 52.0 Å². The molecule has 12 heteroatoms. The molecule has 6 rings (SSSR count). The molecule has 0 fully saturated rings. The van der Waals surface area contributed by atoms with Gasteiger partial charge >= 0.3 is 5.97 Å². The fourth-order valence-electron chi connectivity index (χ4n) is 6.34. The van der Waals surface area contributed by atoms with Gasteiger partial charge in [0.1, 0.15) is 17.3 Å². The number of benzene rings is 3. The van der Waals surface area contributed by atoms with Gasteiger partial charge in [-0.15, -0.1) is 23.5 Å². The van der Waals surface area contributed by atoms with Crippen molar-refractivity contribution in [2.45, 2.75) is 41.9 Å². The summed E-state index contributed by atoms with van der Waals surface area (Å²) < 4.78 is 26.4. The Morgan fingerprint density at radius 1 is 0.958 bits per heavy atom. The molecule has 0 aliphatic carbocycles. The van der Waals surface area contributed by atoms with E-state index in [4.69, 9.17) is 14.9 Å². The van der Waals surface area contributed by atoms with Crippen LogP contribution in [-0.4, -0.2) is 54.0 Å². The molecule has 3 aromatic heterocycles. The van der Waals surface area contributed by atoms with E-state index >= 15 is 4.39 Å². The molecular weight excluding hydrogens is 650 g/mol. The van der Waals surface area contributed by atoms with Gasteiger partial charge in [0.2, 0.25) is 0 Å². The number of rotatable bonds is 12. The third-order valence-corrected chi connectivity index (χ3v) is 10.7. The van der Waals surface area contributed by atoms with Crippen LogP contribution in [0.2, 0.25) is 0 Å². The van der Waals surface area contributed by atoms with Crippen LogP contribution in [0.4, 0.5) is 4.39 Å². The Bertz CT molecular complexity index is 2150. The van der Waals surface area contributed by atoms with Crippen molar-refractivity contribution in [1.82, 2.24) is 24.1 Å². The zero-order chi connectivity index (χ0) is 34.1. The number of aromatic hydroxyl groups is 1. The fraction of sp³-hybridized carbons (Fsp3) is 0.306. The zero-order valence-corrected chi connectivity index (χ0v) is 29.2. The quantitative estimate of drug-likeness (QED) is 0.104. The molecule has 0 bridgehead atoms. The van der Waals surface area contributed by atoms with E-state index in [-0.39, 0.29) is 12.4 Å². The number of carbonyl (C=O) groups excluding carboxylic acids is 1. The summed E-state index contributed by atoms with van der Waals surface area (Å²) in [6.45, 7) is 1.89. The van der Waals surface area contributed by atoms with Crippen molar-refractivity contribution in [3.8, 4) is 16.9 Å². The summed E-state index contributed by atoms with van der Waals surface area (Å²) in [5.41, 5.74) is 6.33. The molecule has 0 aliphatic heterocycles. The number of aryl methyl sites for hydroxylation is 4. The van der Waals surface area contributed by atoms with Crippen LogP contribution in [-0.2, 0) is 49.6 Å². The molecular formula is C36H38FN5O4S2. The molecule has 250 valence electrons. The van der Waals surface area contributed by atoms with Gasteiger partial charge in [-0.25, -0.2) is 9.18 Å². The van der Waals surface area contributed by atoms with Gasteiger partial charge in [-0.3, -0.25) is 9.36 Å². The van der Waals surface area contributed by atoms with E-state index in [1.165, 1.54) is 13.2 Å². The Kier molecular flexibility index (Phi) is 9.86. The third kappa shape index (κ3) is 6.31. The highest BCUT2D eigenvalue weighted by Gasteiger charge is 2.28. The average Bonchev–Trinajstić information content (AvgIpc) is 3.67. The van der Waals surface area contributed by atoms with Crippen LogP contribution in [0.1, 0.15) is 45.2 Å². The summed E-state index contributed by atoms with van der Waals surface area (Å²) in [6, 6.07) is 16.9. The number of hydrogen-bond acceptors (Lipinski definition) is 8. The van der Waals surface area contributed by atoms with Gasteiger partial charge in [0.05, 0.1) is 24.0 Å². The number of ether oxygens (including phenoxy) is 1. The maximum Gasteiger partial charge on any atom is 0.354 e. The Hall–Kier alpha value is -4.26. The second-order valence-electron chi connectivity index (χ2n) is 11.7. The standard InChI is InChI=1S/C36H38FN5O4S2/c1-21-32(33-29(37)13-12-28-27(11-8-14-43)35(36(45)46-5)40(2)34(28)33)30(39-41(21)3)20-47-18-23-16-24(42(4)38-23)19-48-25-15-22-9-6-7-10-26(22)31(44)17-25/h6-7,9-10,12-13,15-17,43-44H,8,11,14,18-20H2,1-5H3. The predicted molar refractivity (Wildman–Crippen MR) is 190 cm³/mol. The Morgan fingerprint density at radius 3 is 2.52 bits per heavy atom. The van der Waals surface area contributed by atoms with Crippen LogP contribution in [0.3, 0.4) is 0 Å². The van der Waals surface area contributed by atoms with Gasteiger partial charge in [-0.05, 0) is 61.0 Å². The van der Waals surface area contributed by atoms with Crippen molar-refractivity contribution in [3.63, 3.8) is 0 Å². The largest absolute Gasteiger partial charge is 0.507 e. The third-order valence-electron chi connectivity index (χ3n) is 8.75. The second kappa shape index (κ2) is 14.1. The number of nitrogens with zero attached hydrogens (tertiary/aromatic N) is 5. The number of aliphatic hydroxyl groups excluding tert-OH is 1. The number of phenols is 1. The maximum absolute atomic E-state index is 15.9. The summed E-state index contributed by atoms with van der Waals surface area (Å²) in [6.07, 6.45) is 0.915. The lowest BCUT2D eigenvalue weighted by Crippen LogP contribution is -2.10. The molecule has 0 amide bonds. The number of aromatic nitrogens is 5. The molecule has 0 radical (unpaired) electrons. The van der Waals surface area contributed by atoms with Crippen LogP contribution in [0.25, 0.3) is 32.8 Å². The van der Waals surface area contributed by atoms with Gasteiger partial charge in [-0.1, -0.05) is 24.3 Å². The number of esters is 1. The summed E-state index contributed by atoms with van der Waals surface area (Å²) in [4.78, 5) is 13.9. The van der Waals surface area contributed by atoms with Crippen molar-refractivity contribution in [2.75, 3.05) is 13.7 Å². The first kappa shape index (κ1) is 33.6. The number of thioether (sulfide) groups is 2. The van der Waals surface area contributed by atoms with E-state index < -0.39 is 11.8 Å². The highest BCUT2D eigenvalue weighted by atomic mass is 32.2. The van der Waals surface area contributed by atoms with Crippen LogP contribution in [0.5, 0.6) is 5.75 Å². The number of fused-ring (bicyclic) bond motifs is 2. The molecule has 0 atom stereocenters. The Balaban J connectivity index is 1.24. The number of hydrogen-bond donors (Lipinski definition) is 2. The molecule has 3 heterocycles. The minimum atomic E-state index is -0.504. The first-order valence-corrected chi connectivity index (χ1v) is 17.7. The summed E-state index contributed by atoms with van der Waals surface area (Å²) >= 11 is 3.30. The lowest BCUT2D eigenvalue weighted by Gasteiger charge is -2.11. The van der Waals surface area contributed by atoms with E-state index in [0.29, 0.717) is 52.4 Å². The van der Waals surface area contributed by atoms with Crippen LogP contribution in [0, 0.1) is 12.7 Å². The number of methoxy groups -OCH3 is 1. The van der Waals surface area contributed by atoms with Crippen LogP contribution >= 0.6 is 23.5 Å². The number of phenolic OH excluding ortho intramolecular Hbond substituents is 1. The topological polar surface area (TPSA) is 107 Å². The molecule has 0 unspecified atom stereocenters. The van der Waals surface area contributed by atoms with Crippen molar-refractivity contribution >= 4 is 51.2 Å². The van der Waals surface area contributed by atoms with E-state index in [0.717, 1.165) is 49.4 Å². The Morgan fingerprint density at radius 2 is 1.75 bits per heavy atom. The van der Waals surface area contributed by atoms with Crippen LogP contribution in [0.15, 0.2) is 59.5 Å². The molecule has 2 N–H and O–H groups in total. The van der Waals surface area contributed by atoms with Crippen molar-refractivity contribution in [2.24, 2.45) is 21.1 Å². The number of halogens is 1. The van der Waals surface area contributed by atoms with Crippen molar-refractivity contribution in [1.29, 1.82) is 0 Å². The Labute approximate surface area is 286 Å². The van der Waals surface area contributed by atoms with Crippen LogP contribution < -0.4 is 0 Å². The number of carbonyl (C=O) groups is 1. The molecule has 0 saturated carbocycles. The molecule has 48 heavy (non-hydrogen) atoms. The molecule has 9 nitrogen and oxygen atoms in total. The number of aliphatic hydroxyl groups is 1. The van der Waals surface area contributed by atoms with Gasteiger partial charge in [-0.2, -0.15) is 10.2 Å². The van der Waals surface area contributed by atoms with Gasteiger partial charge in [0.25, 0.3) is 0 Å². The summed E-state index contributed by atoms with van der Waals surface area (Å²) in [5, 5.41) is 32.1. The minimum absolute atomic E-state index is 0.0280. The van der Waals surface area contributed by atoms with Gasteiger partial charge in [0, 0.05) is 83.2 Å². The molecule has 0 aliphatic rings. The second-order valence-corrected chi connectivity index (χ2v) is 13.8. The lowest BCUT2D eigenvalue weighted by atomic mass is 9.98. The minimum Gasteiger partial charge on any atom is -0.507 e. The van der Waals surface area contributed by atoms with E-state index in [9.17, 15) is 15.0 Å².